The summed E-state index contributed by atoms with van der Waals surface area (Å²) in [6.45, 7) is 3.37. The Morgan fingerprint density at radius 1 is 1.03 bits per heavy atom. The third kappa shape index (κ3) is 8.65. The number of unbranched alkanes of at least 4 members (excludes halogenated alkanes) is 1. The van der Waals surface area contributed by atoms with E-state index in [9.17, 15) is 35.9 Å². The molecule has 0 unspecified atom stereocenters. The average molecular weight is 576 g/mol. The highest BCUT2D eigenvalue weighted by atomic mass is 32.2. The molecule has 3 amide bonds. The number of halogens is 6. The van der Waals surface area contributed by atoms with Crippen LogP contribution < -0.4 is 10.6 Å². The van der Waals surface area contributed by atoms with Crippen molar-refractivity contribution in [1.82, 2.24) is 10.2 Å². The number of benzene rings is 2. The SMILES string of the molecule is CCCCNC(=O)Nc1cccc(Sc2ccc(/C=C/C(=O)N3CCOCC3)c(C(F)(F)F)c2C(F)(F)F)c1. The molecule has 0 bridgehead atoms. The maximum absolute atomic E-state index is 14.1. The van der Waals surface area contributed by atoms with Gasteiger partial charge in [0.2, 0.25) is 5.91 Å². The molecular weight excluding hydrogens is 548 g/mol. The molecule has 2 N–H and O–H groups in total. The van der Waals surface area contributed by atoms with Gasteiger partial charge in [0.05, 0.1) is 24.3 Å². The summed E-state index contributed by atoms with van der Waals surface area (Å²) in [6.07, 6.45) is -7.48. The topological polar surface area (TPSA) is 70.7 Å². The molecule has 39 heavy (non-hydrogen) atoms. The van der Waals surface area contributed by atoms with E-state index in [1.165, 1.54) is 29.2 Å². The molecule has 2 aromatic carbocycles. The van der Waals surface area contributed by atoms with Crippen LogP contribution in [0.3, 0.4) is 0 Å². The van der Waals surface area contributed by atoms with E-state index in [2.05, 4.69) is 10.6 Å². The smallest absolute Gasteiger partial charge is 0.378 e. The third-order valence-electron chi connectivity index (χ3n) is 5.63. The Hall–Kier alpha value is -3.19. The van der Waals surface area contributed by atoms with Crippen molar-refractivity contribution in [2.45, 2.75) is 41.9 Å². The lowest BCUT2D eigenvalue weighted by Crippen LogP contribution is -2.39. The highest BCUT2D eigenvalue weighted by Crippen LogP contribution is 2.48. The second-order valence-corrected chi connectivity index (χ2v) is 9.65. The number of anilines is 1. The number of morpholine rings is 1. The minimum absolute atomic E-state index is 0.186. The van der Waals surface area contributed by atoms with Gasteiger partial charge in [0.25, 0.3) is 0 Å². The van der Waals surface area contributed by atoms with Crippen molar-refractivity contribution in [2.75, 3.05) is 38.2 Å². The average Bonchev–Trinajstić information content (AvgIpc) is 2.87. The van der Waals surface area contributed by atoms with Gasteiger partial charge in [-0.05, 0) is 42.3 Å². The molecule has 212 valence electrons. The summed E-state index contributed by atoms with van der Waals surface area (Å²) in [7, 11) is 0. The first-order valence-corrected chi connectivity index (χ1v) is 12.9. The Bertz CT molecular complexity index is 1190. The van der Waals surface area contributed by atoms with Crippen molar-refractivity contribution in [2.24, 2.45) is 0 Å². The van der Waals surface area contributed by atoms with E-state index < -0.39 is 45.9 Å². The summed E-state index contributed by atoms with van der Waals surface area (Å²) in [5.74, 6) is -0.624. The van der Waals surface area contributed by atoms with E-state index in [1.54, 1.807) is 0 Å². The van der Waals surface area contributed by atoms with Gasteiger partial charge in [-0.25, -0.2) is 4.79 Å². The number of ether oxygens (including phenoxy) is 1. The van der Waals surface area contributed by atoms with E-state index in [1.807, 2.05) is 6.92 Å². The molecule has 1 aliphatic rings. The van der Waals surface area contributed by atoms with E-state index in [0.29, 0.717) is 18.3 Å². The maximum atomic E-state index is 14.1. The van der Waals surface area contributed by atoms with E-state index in [-0.39, 0.29) is 36.9 Å². The number of nitrogens with zero attached hydrogens (tertiary/aromatic N) is 1. The monoisotopic (exact) mass is 575 g/mol. The molecular formula is C26H27F6N3O3S. The molecule has 2 aromatic rings. The summed E-state index contributed by atoms with van der Waals surface area (Å²) in [6, 6.07) is 7.11. The summed E-state index contributed by atoms with van der Waals surface area (Å²) < 4.78 is 89.7. The fraction of sp³-hybridized carbons (Fsp3) is 0.385. The molecule has 1 saturated heterocycles. The van der Waals surface area contributed by atoms with Crippen molar-refractivity contribution in [1.29, 1.82) is 0 Å². The number of hydrogen-bond acceptors (Lipinski definition) is 4. The zero-order valence-corrected chi connectivity index (χ0v) is 21.7. The van der Waals surface area contributed by atoms with Crippen LogP contribution in [0.1, 0.15) is 36.5 Å². The molecule has 0 atom stereocenters. The first-order valence-electron chi connectivity index (χ1n) is 12.1. The quantitative estimate of drug-likeness (QED) is 0.210. The number of carbonyl (C=O) groups excluding carboxylic acids is 2. The van der Waals surface area contributed by atoms with Crippen molar-refractivity contribution in [3.05, 3.63) is 59.2 Å². The van der Waals surface area contributed by atoms with Crippen LogP contribution in [0.5, 0.6) is 0 Å². The normalized spacial score (nSPS) is 14.5. The van der Waals surface area contributed by atoms with Crippen LogP contribution >= 0.6 is 11.8 Å². The Morgan fingerprint density at radius 2 is 1.72 bits per heavy atom. The second kappa shape index (κ2) is 13.2. The Morgan fingerprint density at radius 3 is 2.36 bits per heavy atom. The van der Waals surface area contributed by atoms with Crippen LogP contribution in [0, 0.1) is 0 Å². The van der Waals surface area contributed by atoms with Gasteiger partial charge in [0, 0.05) is 41.2 Å². The lowest BCUT2D eigenvalue weighted by Gasteiger charge is -2.25. The van der Waals surface area contributed by atoms with Crippen LogP contribution in [-0.2, 0) is 21.9 Å². The van der Waals surface area contributed by atoms with Gasteiger partial charge in [-0.3, -0.25) is 4.79 Å². The molecule has 3 rings (SSSR count). The zero-order valence-electron chi connectivity index (χ0n) is 20.9. The van der Waals surface area contributed by atoms with E-state index >= 15 is 0 Å². The fourth-order valence-corrected chi connectivity index (χ4v) is 4.82. The molecule has 0 aliphatic carbocycles. The summed E-state index contributed by atoms with van der Waals surface area (Å²) >= 11 is 0.485. The number of carbonyl (C=O) groups is 2. The first kappa shape index (κ1) is 30.4. The predicted molar refractivity (Wildman–Crippen MR) is 135 cm³/mol. The van der Waals surface area contributed by atoms with Crippen LogP contribution in [0.2, 0.25) is 0 Å². The van der Waals surface area contributed by atoms with Crippen LogP contribution in [0.15, 0.2) is 52.3 Å². The molecule has 1 aliphatic heterocycles. The Kier molecular flexibility index (Phi) is 10.3. The Balaban J connectivity index is 1.94. The number of nitrogens with one attached hydrogen (secondary N) is 2. The second-order valence-electron chi connectivity index (χ2n) is 8.53. The molecule has 0 radical (unpaired) electrons. The lowest BCUT2D eigenvalue weighted by molar-refractivity contribution is -0.163. The van der Waals surface area contributed by atoms with Crippen molar-refractivity contribution < 1.29 is 40.7 Å². The number of hydrogen-bond donors (Lipinski definition) is 2. The first-order chi connectivity index (χ1) is 18.4. The highest BCUT2D eigenvalue weighted by molar-refractivity contribution is 7.99. The van der Waals surface area contributed by atoms with Gasteiger partial charge in [-0.15, -0.1) is 0 Å². The van der Waals surface area contributed by atoms with Gasteiger partial charge in [0.15, 0.2) is 0 Å². The van der Waals surface area contributed by atoms with Crippen molar-refractivity contribution in [3.63, 3.8) is 0 Å². The van der Waals surface area contributed by atoms with Crippen molar-refractivity contribution in [3.8, 4) is 0 Å². The van der Waals surface area contributed by atoms with Crippen molar-refractivity contribution >= 4 is 35.5 Å². The molecule has 0 aromatic heterocycles. The fourth-order valence-electron chi connectivity index (χ4n) is 3.78. The summed E-state index contributed by atoms with van der Waals surface area (Å²) in [4.78, 5) is 25.2. The maximum Gasteiger partial charge on any atom is 0.418 e. The highest BCUT2D eigenvalue weighted by Gasteiger charge is 2.46. The third-order valence-corrected chi connectivity index (χ3v) is 6.68. The number of alkyl halides is 6. The standard InChI is InChI=1S/C26H27F6N3O3S/c1-2-3-11-33-24(37)34-18-5-4-6-19(16-18)39-20-9-7-17(8-10-21(36)35-12-14-38-15-13-35)22(25(27,28)29)23(20)26(30,31)32/h4-10,16H,2-3,11-15H2,1H3,(H2,33,34,37)/b10-8+. The number of rotatable bonds is 8. The molecule has 0 saturated carbocycles. The minimum Gasteiger partial charge on any atom is -0.378 e. The van der Waals surface area contributed by atoms with Gasteiger partial charge in [-0.2, -0.15) is 26.3 Å². The van der Waals surface area contributed by atoms with Gasteiger partial charge < -0.3 is 20.3 Å². The number of amides is 3. The van der Waals surface area contributed by atoms with Crippen LogP contribution in [0.4, 0.5) is 36.8 Å². The molecule has 13 heteroatoms. The molecule has 0 spiro atoms. The lowest BCUT2D eigenvalue weighted by atomic mass is 9.99. The molecule has 1 heterocycles. The van der Waals surface area contributed by atoms with Crippen LogP contribution in [0.25, 0.3) is 6.08 Å². The largest absolute Gasteiger partial charge is 0.418 e. The van der Waals surface area contributed by atoms with Crippen LogP contribution in [-0.4, -0.2) is 49.7 Å². The molecule has 6 nitrogen and oxygen atoms in total. The summed E-state index contributed by atoms with van der Waals surface area (Å²) in [5, 5.41) is 5.18. The van der Waals surface area contributed by atoms with Gasteiger partial charge >= 0.3 is 18.4 Å². The summed E-state index contributed by atoms with van der Waals surface area (Å²) in [5.41, 5.74) is -4.24. The van der Waals surface area contributed by atoms with E-state index in [0.717, 1.165) is 37.1 Å². The predicted octanol–water partition coefficient (Wildman–Crippen LogP) is 6.67. The van der Waals surface area contributed by atoms with E-state index in [4.69, 9.17) is 4.74 Å². The number of urea groups is 1. The molecule has 1 fully saturated rings. The minimum atomic E-state index is -5.36. The van der Waals surface area contributed by atoms with Gasteiger partial charge in [0.1, 0.15) is 0 Å². The zero-order chi connectivity index (χ0) is 28.6. The van der Waals surface area contributed by atoms with Gasteiger partial charge in [-0.1, -0.05) is 37.2 Å². The Labute approximate surface area is 225 Å².